The van der Waals surface area contributed by atoms with Gasteiger partial charge in [-0.15, -0.1) is 0 Å². The van der Waals surface area contributed by atoms with Crippen molar-refractivity contribution >= 4 is 17.5 Å². The Morgan fingerprint density at radius 1 is 1.11 bits per heavy atom. The number of nitrogens with zero attached hydrogens (tertiary/aromatic N) is 2. The molecule has 1 N–H and O–H groups in total. The lowest BCUT2D eigenvalue weighted by Gasteiger charge is -2.35. The summed E-state index contributed by atoms with van der Waals surface area (Å²) in [7, 11) is 0. The molecule has 0 atom stereocenters. The average molecular weight is 369 g/mol. The first-order valence-corrected chi connectivity index (χ1v) is 9.61. The van der Waals surface area contributed by atoms with E-state index in [0.29, 0.717) is 18.8 Å². The third kappa shape index (κ3) is 4.32. The van der Waals surface area contributed by atoms with Crippen LogP contribution in [0.3, 0.4) is 0 Å². The first-order chi connectivity index (χ1) is 13.1. The largest absolute Gasteiger partial charge is 0.459 e. The number of carbonyl (C=O) groups excluding carboxylic acids is 2. The molecule has 0 spiro atoms. The van der Waals surface area contributed by atoms with Crippen LogP contribution in [0, 0.1) is 0 Å². The van der Waals surface area contributed by atoms with Crippen LogP contribution in [0.4, 0.5) is 5.69 Å². The Bertz CT molecular complexity index is 761. The minimum Gasteiger partial charge on any atom is -0.459 e. The van der Waals surface area contributed by atoms with Crippen LogP contribution in [0.15, 0.2) is 47.1 Å². The second-order valence-electron chi connectivity index (χ2n) is 6.71. The van der Waals surface area contributed by atoms with Crippen LogP contribution in [0.2, 0.25) is 0 Å². The molecule has 0 saturated carbocycles. The number of nitrogens with one attached hydrogen (secondary N) is 1. The van der Waals surface area contributed by atoms with Crippen LogP contribution in [0.5, 0.6) is 0 Å². The molecule has 2 aromatic rings. The minimum absolute atomic E-state index is 0.0730. The fourth-order valence-corrected chi connectivity index (χ4v) is 3.54. The summed E-state index contributed by atoms with van der Waals surface area (Å²) in [6.45, 7) is 6.99. The summed E-state index contributed by atoms with van der Waals surface area (Å²) < 4.78 is 5.15. The van der Waals surface area contributed by atoms with E-state index in [1.54, 1.807) is 12.1 Å². The number of hydrogen-bond acceptors (Lipinski definition) is 4. The molecular weight excluding hydrogens is 342 g/mol. The molecule has 1 aliphatic rings. The monoisotopic (exact) mass is 369 g/mol. The molecule has 0 bridgehead atoms. The number of carbonyl (C=O) groups is 2. The fraction of sp³-hybridized carbons (Fsp3) is 0.429. The fourth-order valence-electron chi connectivity index (χ4n) is 3.54. The molecule has 144 valence electrons. The zero-order valence-corrected chi connectivity index (χ0v) is 16.0. The molecule has 3 rings (SSSR count). The molecule has 27 heavy (non-hydrogen) atoms. The lowest BCUT2D eigenvalue weighted by atomic mass is 10.0. The Kier molecular flexibility index (Phi) is 6.16. The molecule has 1 fully saturated rings. The van der Waals surface area contributed by atoms with Crippen molar-refractivity contribution in [3.63, 3.8) is 0 Å². The van der Waals surface area contributed by atoms with E-state index in [2.05, 4.69) is 10.2 Å². The zero-order valence-electron chi connectivity index (χ0n) is 16.0. The van der Waals surface area contributed by atoms with Gasteiger partial charge in [0.2, 0.25) is 0 Å². The molecule has 1 aliphatic heterocycles. The number of para-hydroxylation sites is 1. The van der Waals surface area contributed by atoms with Gasteiger partial charge in [-0.05, 0) is 51.0 Å². The van der Waals surface area contributed by atoms with Gasteiger partial charge in [0.25, 0.3) is 11.8 Å². The van der Waals surface area contributed by atoms with E-state index in [1.165, 1.54) is 6.26 Å². The number of amides is 2. The number of benzene rings is 1. The van der Waals surface area contributed by atoms with Crippen molar-refractivity contribution in [1.29, 1.82) is 0 Å². The Labute approximate surface area is 160 Å². The highest BCUT2D eigenvalue weighted by Gasteiger charge is 2.25. The van der Waals surface area contributed by atoms with Gasteiger partial charge in [0.1, 0.15) is 0 Å². The van der Waals surface area contributed by atoms with Crippen LogP contribution < -0.4 is 10.2 Å². The SMILES string of the molecule is CCN(CC)C(=O)c1ccccc1N1CCC(NC(=O)c2ccco2)CC1. The summed E-state index contributed by atoms with van der Waals surface area (Å²) in [6.07, 6.45) is 3.17. The van der Waals surface area contributed by atoms with E-state index in [4.69, 9.17) is 4.42 Å². The van der Waals surface area contributed by atoms with Gasteiger partial charge in [0.15, 0.2) is 5.76 Å². The Hall–Kier alpha value is -2.76. The Balaban J connectivity index is 1.64. The molecule has 1 saturated heterocycles. The van der Waals surface area contributed by atoms with E-state index in [9.17, 15) is 9.59 Å². The Morgan fingerprint density at radius 2 is 1.81 bits per heavy atom. The summed E-state index contributed by atoms with van der Waals surface area (Å²) in [5, 5.41) is 3.03. The highest BCUT2D eigenvalue weighted by molar-refractivity contribution is 5.99. The first kappa shape index (κ1) is 19.0. The van der Waals surface area contributed by atoms with Crippen molar-refractivity contribution in [2.45, 2.75) is 32.7 Å². The summed E-state index contributed by atoms with van der Waals surface area (Å²) in [6, 6.07) is 11.3. The van der Waals surface area contributed by atoms with E-state index in [1.807, 2.05) is 43.0 Å². The number of anilines is 1. The van der Waals surface area contributed by atoms with Gasteiger partial charge in [-0.3, -0.25) is 9.59 Å². The lowest BCUT2D eigenvalue weighted by Crippen LogP contribution is -2.45. The summed E-state index contributed by atoms with van der Waals surface area (Å²) >= 11 is 0. The van der Waals surface area contributed by atoms with Crippen molar-refractivity contribution in [1.82, 2.24) is 10.2 Å². The predicted molar refractivity (Wildman–Crippen MR) is 105 cm³/mol. The molecule has 0 aliphatic carbocycles. The van der Waals surface area contributed by atoms with Gasteiger partial charge in [0.05, 0.1) is 11.8 Å². The van der Waals surface area contributed by atoms with Crippen molar-refractivity contribution in [2.24, 2.45) is 0 Å². The van der Waals surface area contributed by atoms with E-state index >= 15 is 0 Å². The topological polar surface area (TPSA) is 65.8 Å². The molecule has 0 radical (unpaired) electrons. The maximum Gasteiger partial charge on any atom is 0.287 e. The second kappa shape index (κ2) is 8.75. The lowest BCUT2D eigenvalue weighted by molar-refractivity contribution is 0.0773. The normalized spacial score (nSPS) is 14.8. The summed E-state index contributed by atoms with van der Waals surface area (Å²) in [5.74, 6) is 0.243. The Morgan fingerprint density at radius 3 is 2.44 bits per heavy atom. The van der Waals surface area contributed by atoms with Gasteiger partial charge in [-0.25, -0.2) is 0 Å². The van der Waals surface area contributed by atoms with Gasteiger partial charge >= 0.3 is 0 Å². The van der Waals surface area contributed by atoms with Crippen LogP contribution >= 0.6 is 0 Å². The molecule has 0 unspecified atom stereocenters. The second-order valence-corrected chi connectivity index (χ2v) is 6.71. The third-order valence-corrected chi connectivity index (χ3v) is 5.10. The van der Waals surface area contributed by atoms with E-state index < -0.39 is 0 Å². The zero-order chi connectivity index (χ0) is 19.2. The predicted octanol–water partition coefficient (Wildman–Crippen LogP) is 3.16. The molecular formula is C21H27N3O3. The summed E-state index contributed by atoms with van der Waals surface area (Å²) in [4.78, 5) is 29.1. The van der Waals surface area contributed by atoms with Crippen molar-refractivity contribution in [3.8, 4) is 0 Å². The number of piperidine rings is 1. The van der Waals surface area contributed by atoms with Crippen LogP contribution in [-0.4, -0.2) is 48.9 Å². The minimum atomic E-state index is -0.171. The highest BCUT2D eigenvalue weighted by Crippen LogP contribution is 2.25. The third-order valence-electron chi connectivity index (χ3n) is 5.10. The van der Waals surface area contributed by atoms with Crippen LogP contribution in [-0.2, 0) is 0 Å². The molecule has 6 heteroatoms. The maximum atomic E-state index is 12.8. The maximum absolute atomic E-state index is 12.8. The van der Waals surface area contributed by atoms with Crippen molar-refractivity contribution in [2.75, 3.05) is 31.1 Å². The molecule has 1 aromatic heterocycles. The molecule has 1 aromatic carbocycles. The molecule has 2 amide bonds. The van der Waals surface area contributed by atoms with Gasteiger partial charge < -0.3 is 19.5 Å². The van der Waals surface area contributed by atoms with E-state index in [0.717, 1.165) is 37.2 Å². The number of rotatable bonds is 6. The average Bonchev–Trinajstić information content (AvgIpc) is 3.24. The van der Waals surface area contributed by atoms with Gasteiger partial charge in [-0.1, -0.05) is 12.1 Å². The quantitative estimate of drug-likeness (QED) is 0.849. The van der Waals surface area contributed by atoms with Crippen LogP contribution in [0.25, 0.3) is 0 Å². The van der Waals surface area contributed by atoms with Gasteiger partial charge in [0, 0.05) is 37.9 Å². The standard InChI is InChI=1S/C21H27N3O3/c1-3-23(4-2)21(26)17-8-5-6-9-18(17)24-13-11-16(12-14-24)22-20(25)19-10-7-15-27-19/h5-10,15-16H,3-4,11-14H2,1-2H3,(H,22,25). The smallest absolute Gasteiger partial charge is 0.287 e. The summed E-state index contributed by atoms with van der Waals surface area (Å²) in [5.41, 5.74) is 1.73. The number of furan rings is 1. The molecule has 2 heterocycles. The van der Waals surface area contributed by atoms with Crippen LogP contribution in [0.1, 0.15) is 47.6 Å². The first-order valence-electron chi connectivity index (χ1n) is 9.61. The molecule has 6 nitrogen and oxygen atoms in total. The van der Waals surface area contributed by atoms with Crippen molar-refractivity contribution in [3.05, 3.63) is 54.0 Å². The van der Waals surface area contributed by atoms with Crippen molar-refractivity contribution < 1.29 is 14.0 Å². The van der Waals surface area contributed by atoms with E-state index in [-0.39, 0.29) is 17.9 Å². The number of hydrogen-bond donors (Lipinski definition) is 1. The highest BCUT2D eigenvalue weighted by atomic mass is 16.3. The van der Waals surface area contributed by atoms with Gasteiger partial charge in [-0.2, -0.15) is 0 Å².